The first kappa shape index (κ1) is 13.7. The number of hydrogen-bond donors (Lipinski definition) is 0. The smallest absolute Gasteiger partial charge is 0.234 e. The highest BCUT2D eigenvalue weighted by molar-refractivity contribution is 9.10. The van der Waals surface area contributed by atoms with Gasteiger partial charge in [0.15, 0.2) is 0 Å². The van der Waals surface area contributed by atoms with Crippen molar-refractivity contribution in [1.82, 2.24) is 4.90 Å². The van der Waals surface area contributed by atoms with E-state index in [1.165, 1.54) is 11.1 Å². The highest BCUT2D eigenvalue weighted by atomic mass is 79.9. The topological polar surface area (TPSA) is 20.3 Å². The number of halogens is 1. The molecule has 1 saturated heterocycles. The number of rotatable bonds is 3. The van der Waals surface area contributed by atoms with Gasteiger partial charge in [-0.2, -0.15) is 0 Å². The van der Waals surface area contributed by atoms with Crippen LogP contribution in [0.25, 0.3) is 0 Å². The average Bonchev–Trinajstić information content (AvgIpc) is 2.82. The maximum atomic E-state index is 12.1. The molecular weight excluding hydrogens is 334 g/mol. The Morgan fingerprint density at radius 3 is 2.70 bits per heavy atom. The second-order valence-corrected chi connectivity index (χ2v) is 6.71. The van der Waals surface area contributed by atoms with Crippen molar-refractivity contribution >= 4 is 33.6 Å². The van der Waals surface area contributed by atoms with Crippen molar-refractivity contribution in [3.05, 3.63) is 70.2 Å². The molecule has 0 N–H and O–H groups in total. The molecule has 4 heteroatoms. The van der Waals surface area contributed by atoms with Crippen LogP contribution in [0.4, 0.5) is 0 Å². The van der Waals surface area contributed by atoms with Crippen LogP contribution in [0.5, 0.6) is 0 Å². The van der Waals surface area contributed by atoms with Gasteiger partial charge < -0.3 is 4.90 Å². The summed E-state index contributed by atoms with van der Waals surface area (Å²) in [5.41, 5.74) is 2.34. The highest BCUT2D eigenvalue weighted by Gasteiger charge is 2.32. The van der Waals surface area contributed by atoms with Crippen LogP contribution in [0.15, 0.2) is 59.1 Å². The van der Waals surface area contributed by atoms with Crippen LogP contribution >= 0.6 is 27.7 Å². The fraction of sp³-hybridized carbons (Fsp3) is 0.188. The van der Waals surface area contributed by atoms with Gasteiger partial charge in [-0.15, -0.1) is 11.8 Å². The Labute approximate surface area is 131 Å². The van der Waals surface area contributed by atoms with E-state index in [0.29, 0.717) is 12.3 Å². The third-order valence-corrected chi connectivity index (χ3v) is 5.05. The molecule has 0 saturated carbocycles. The first-order valence-corrected chi connectivity index (χ1v) is 8.29. The van der Waals surface area contributed by atoms with Gasteiger partial charge in [-0.05, 0) is 23.3 Å². The van der Waals surface area contributed by atoms with E-state index >= 15 is 0 Å². The normalized spacial score (nSPS) is 18.6. The SMILES string of the molecule is O=C1CSC(c2cccc(Br)c2)N1Cc1ccccc1. The number of carbonyl (C=O) groups is 1. The summed E-state index contributed by atoms with van der Waals surface area (Å²) in [5, 5.41) is 0.111. The van der Waals surface area contributed by atoms with Crippen molar-refractivity contribution in [1.29, 1.82) is 0 Å². The van der Waals surface area contributed by atoms with Crippen molar-refractivity contribution in [2.45, 2.75) is 11.9 Å². The van der Waals surface area contributed by atoms with Crippen LogP contribution in [-0.2, 0) is 11.3 Å². The zero-order valence-electron chi connectivity index (χ0n) is 10.8. The van der Waals surface area contributed by atoms with E-state index in [0.717, 1.165) is 4.47 Å². The van der Waals surface area contributed by atoms with Crippen molar-refractivity contribution < 1.29 is 4.79 Å². The summed E-state index contributed by atoms with van der Waals surface area (Å²) in [6, 6.07) is 18.3. The van der Waals surface area contributed by atoms with Crippen LogP contribution in [0.3, 0.4) is 0 Å². The van der Waals surface area contributed by atoms with E-state index < -0.39 is 0 Å². The number of nitrogens with zero attached hydrogens (tertiary/aromatic N) is 1. The van der Waals surface area contributed by atoms with Gasteiger partial charge >= 0.3 is 0 Å². The Hall–Kier alpha value is -1.26. The molecular formula is C16H14BrNOS. The molecule has 2 nitrogen and oxygen atoms in total. The van der Waals surface area contributed by atoms with Crippen LogP contribution < -0.4 is 0 Å². The molecule has 0 aliphatic carbocycles. The van der Waals surface area contributed by atoms with Crippen LogP contribution in [0.2, 0.25) is 0 Å². The lowest BCUT2D eigenvalue weighted by Crippen LogP contribution is -2.27. The Morgan fingerprint density at radius 2 is 1.95 bits per heavy atom. The molecule has 1 unspecified atom stereocenters. The molecule has 1 aliphatic heterocycles. The monoisotopic (exact) mass is 347 g/mol. The maximum Gasteiger partial charge on any atom is 0.234 e. The summed E-state index contributed by atoms with van der Waals surface area (Å²) in [7, 11) is 0. The Balaban J connectivity index is 1.85. The zero-order chi connectivity index (χ0) is 13.9. The van der Waals surface area contributed by atoms with Crippen LogP contribution in [-0.4, -0.2) is 16.6 Å². The molecule has 0 radical (unpaired) electrons. The fourth-order valence-corrected chi connectivity index (χ4v) is 3.94. The second kappa shape index (κ2) is 6.02. The number of amides is 1. The van der Waals surface area contributed by atoms with E-state index in [9.17, 15) is 4.79 Å². The molecule has 0 spiro atoms. The van der Waals surface area contributed by atoms with Gasteiger partial charge in [0.2, 0.25) is 5.91 Å². The van der Waals surface area contributed by atoms with Crippen molar-refractivity contribution in [2.24, 2.45) is 0 Å². The van der Waals surface area contributed by atoms with Crippen LogP contribution in [0.1, 0.15) is 16.5 Å². The molecule has 2 aromatic carbocycles. The van der Waals surface area contributed by atoms with Crippen LogP contribution in [0, 0.1) is 0 Å². The Bertz CT molecular complexity index is 617. The van der Waals surface area contributed by atoms with E-state index in [-0.39, 0.29) is 11.3 Å². The summed E-state index contributed by atoms with van der Waals surface area (Å²) in [5.74, 6) is 0.771. The van der Waals surface area contributed by atoms with Crippen molar-refractivity contribution in [3.8, 4) is 0 Å². The van der Waals surface area contributed by atoms with E-state index in [1.54, 1.807) is 11.8 Å². The standard InChI is InChI=1S/C16H14BrNOS/c17-14-8-4-7-13(9-14)16-18(15(19)11-20-16)10-12-5-2-1-3-6-12/h1-9,16H,10-11H2. The number of benzene rings is 2. The minimum atomic E-state index is 0.111. The third kappa shape index (κ3) is 2.91. The molecule has 3 rings (SSSR count). The maximum absolute atomic E-state index is 12.1. The molecule has 1 aliphatic rings. The highest BCUT2D eigenvalue weighted by Crippen LogP contribution is 2.40. The van der Waals surface area contributed by atoms with Gasteiger partial charge in [0.25, 0.3) is 0 Å². The molecule has 102 valence electrons. The van der Waals surface area contributed by atoms with Gasteiger partial charge in [-0.1, -0.05) is 58.4 Å². The lowest BCUT2D eigenvalue weighted by Gasteiger charge is -2.24. The van der Waals surface area contributed by atoms with Crippen molar-refractivity contribution in [3.63, 3.8) is 0 Å². The van der Waals surface area contributed by atoms with Crippen molar-refractivity contribution in [2.75, 3.05) is 5.75 Å². The quantitative estimate of drug-likeness (QED) is 0.828. The van der Waals surface area contributed by atoms with Gasteiger partial charge in [-0.25, -0.2) is 0 Å². The summed E-state index contributed by atoms with van der Waals surface area (Å²) in [4.78, 5) is 14.1. The van der Waals surface area contributed by atoms with Gasteiger partial charge in [0.05, 0.1) is 5.75 Å². The summed E-state index contributed by atoms with van der Waals surface area (Å²) in [6.07, 6.45) is 0. The van der Waals surface area contributed by atoms with Gasteiger partial charge in [-0.3, -0.25) is 4.79 Å². The molecule has 1 fully saturated rings. The predicted molar refractivity (Wildman–Crippen MR) is 86.3 cm³/mol. The summed E-state index contributed by atoms with van der Waals surface area (Å²) in [6.45, 7) is 0.670. The lowest BCUT2D eigenvalue weighted by atomic mass is 10.1. The van der Waals surface area contributed by atoms with E-state index in [1.807, 2.05) is 35.2 Å². The third-order valence-electron chi connectivity index (χ3n) is 3.30. The molecule has 1 heterocycles. The lowest BCUT2D eigenvalue weighted by molar-refractivity contribution is -0.128. The first-order valence-electron chi connectivity index (χ1n) is 6.44. The first-order chi connectivity index (χ1) is 9.74. The molecule has 2 aromatic rings. The Kier molecular flexibility index (Phi) is 4.13. The minimum absolute atomic E-state index is 0.111. The molecule has 1 atom stereocenters. The second-order valence-electron chi connectivity index (χ2n) is 4.73. The van der Waals surface area contributed by atoms with E-state index in [2.05, 4.69) is 40.2 Å². The number of carbonyl (C=O) groups excluding carboxylic acids is 1. The van der Waals surface area contributed by atoms with Gasteiger partial charge in [0.1, 0.15) is 5.37 Å². The number of thioether (sulfide) groups is 1. The van der Waals surface area contributed by atoms with Gasteiger partial charge in [0, 0.05) is 11.0 Å². The zero-order valence-corrected chi connectivity index (χ0v) is 13.2. The minimum Gasteiger partial charge on any atom is -0.322 e. The Morgan fingerprint density at radius 1 is 1.15 bits per heavy atom. The average molecular weight is 348 g/mol. The van der Waals surface area contributed by atoms with E-state index in [4.69, 9.17) is 0 Å². The fourth-order valence-electron chi connectivity index (χ4n) is 2.34. The molecule has 0 bridgehead atoms. The molecule has 20 heavy (non-hydrogen) atoms. The number of hydrogen-bond acceptors (Lipinski definition) is 2. The largest absolute Gasteiger partial charge is 0.322 e. The predicted octanol–water partition coefficient (Wildman–Crippen LogP) is 4.22. The summed E-state index contributed by atoms with van der Waals surface area (Å²) >= 11 is 5.19. The molecule has 1 amide bonds. The summed E-state index contributed by atoms with van der Waals surface area (Å²) < 4.78 is 1.05. The molecule has 0 aromatic heterocycles.